The van der Waals surface area contributed by atoms with Crippen LogP contribution in [0.15, 0.2) is 24.4 Å². The Labute approximate surface area is 185 Å². The zero-order valence-electron chi connectivity index (χ0n) is 16.6. The monoisotopic (exact) mass is 627 g/mol. The molecule has 3 N–H and O–H groups in total. The van der Waals surface area contributed by atoms with Gasteiger partial charge in [-0.1, -0.05) is 0 Å². The molecule has 0 unspecified atom stereocenters. The van der Waals surface area contributed by atoms with E-state index in [2.05, 4.69) is 32.7 Å². The Morgan fingerprint density at radius 3 is 2.93 bits per heavy atom. The summed E-state index contributed by atoms with van der Waals surface area (Å²) < 4.78 is 10.9. The Morgan fingerprint density at radius 2 is 2.14 bits per heavy atom. The molecular weight excluding hydrogens is 600 g/mol. The van der Waals surface area contributed by atoms with Crippen LogP contribution in [0, 0.1) is 3.70 Å². The molecule has 160 valence electrons. The number of ether oxygens (including phenoxy) is 1. The van der Waals surface area contributed by atoms with Crippen LogP contribution in [0.25, 0.3) is 0 Å². The van der Waals surface area contributed by atoms with Crippen molar-refractivity contribution in [2.24, 2.45) is 0 Å². The Kier molecular flexibility index (Phi) is 8.51. The van der Waals surface area contributed by atoms with Crippen LogP contribution < -0.4 is 15.4 Å². The minimum absolute atomic E-state index is 0.118. The zero-order chi connectivity index (χ0) is 20.6. The SMILES string of the molecule is CCCNC(=O)CI1CCI(c2cc(NC(=O)Cc3ccnc(OC)c3)n[nH]2)C1. The predicted molar refractivity (Wildman–Crippen MR) is 131 cm³/mol. The Hall–Kier alpha value is -1.44. The number of H-pyrrole nitrogens is 1. The molecule has 2 aromatic rings. The second-order valence-electron chi connectivity index (χ2n) is 6.52. The molecule has 0 radical (unpaired) electrons. The molecule has 0 bridgehead atoms. The van der Waals surface area contributed by atoms with Crippen LogP contribution in [-0.4, -0.2) is 56.4 Å². The first-order valence-electron chi connectivity index (χ1n) is 9.37. The molecule has 2 aromatic heterocycles. The summed E-state index contributed by atoms with van der Waals surface area (Å²) in [5, 5.41) is 13.3. The van der Waals surface area contributed by atoms with Crippen molar-refractivity contribution in [3.63, 3.8) is 0 Å². The molecule has 0 spiro atoms. The van der Waals surface area contributed by atoms with E-state index in [-0.39, 0.29) is 18.2 Å². The van der Waals surface area contributed by atoms with E-state index in [9.17, 15) is 9.59 Å². The van der Waals surface area contributed by atoms with Gasteiger partial charge in [-0.05, 0) is 0 Å². The summed E-state index contributed by atoms with van der Waals surface area (Å²) >= 11 is -2.45. The average molecular weight is 627 g/mol. The third-order valence-corrected chi connectivity index (χ3v) is 25.8. The summed E-state index contributed by atoms with van der Waals surface area (Å²) in [6, 6.07) is 5.54. The molecule has 2 amide bonds. The third-order valence-electron chi connectivity index (χ3n) is 4.19. The van der Waals surface area contributed by atoms with Crippen LogP contribution in [0.4, 0.5) is 5.82 Å². The van der Waals surface area contributed by atoms with Crippen LogP contribution in [0.3, 0.4) is 0 Å². The van der Waals surface area contributed by atoms with Gasteiger partial charge in [-0.3, -0.25) is 0 Å². The second kappa shape index (κ2) is 11.1. The molecule has 10 heteroatoms. The van der Waals surface area contributed by atoms with E-state index in [1.807, 2.05) is 6.07 Å². The van der Waals surface area contributed by atoms with Crippen molar-refractivity contribution in [2.45, 2.75) is 19.8 Å². The number of aromatic amines is 1. The van der Waals surface area contributed by atoms with Gasteiger partial charge in [0.05, 0.1) is 0 Å². The van der Waals surface area contributed by atoms with Gasteiger partial charge in [0.2, 0.25) is 0 Å². The second-order valence-corrected chi connectivity index (χ2v) is 20.9. The van der Waals surface area contributed by atoms with Crippen molar-refractivity contribution in [1.82, 2.24) is 20.5 Å². The fraction of sp³-hybridized carbons (Fsp3) is 0.474. The number of pyridine rings is 1. The molecule has 0 aliphatic carbocycles. The summed E-state index contributed by atoms with van der Waals surface area (Å²) in [4.78, 5) is 28.4. The van der Waals surface area contributed by atoms with Crippen LogP contribution in [0.2, 0.25) is 0 Å². The van der Waals surface area contributed by atoms with Crippen molar-refractivity contribution in [1.29, 1.82) is 0 Å². The molecule has 1 aliphatic heterocycles. The summed E-state index contributed by atoms with van der Waals surface area (Å²) in [5.41, 5.74) is 0.840. The number of carbonyl (C=O) groups excluding carboxylic acids is 2. The number of nitrogens with zero attached hydrogens (tertiary/aromatic N) is 2. The number of hydrogen-bond acceptors (Lipinski definition) is 5. The number of anilines is 1. The van der Waals surface area contributed by atoms with Gasteiger partial charge >= 0.3 is 186 Å². The van der Waals surface area contributed by atoms with E-state index < -0.39 is 39.6 Å². The first-order valence-corrected chi connectivity index (χ1v) is 18.1. The quantitative estimate of drug-likeness (QED) is 0.293. The molecule has 1 saturated heterocycles. The van der Waals surface area contributed by atoms with Gasteiger partial charge < -0.3 is 0 Å². The fourth-order valence-corrected chi connectivity index (χ4v) is 30.4. The van der Waals surface area contributed by atoms with E-state index >= 15 is 0 Å². The van der Waals surface area contributed by atoms with E-state index in [4.69, 9.17) is 4.74 Å². The Morgan fingerprint density at radius 1 is 1.28 bits per heavy atom. The first kappa shape index (κ1) is 22.2. The molecule has 3 rings (SSSR count). The molecule has 0 atom stereocenters. The van der Waals surface area contributed by atoms with Gasteiger partial charge in [0.25, 0.3) is 0 Å². The summed E-state index contributed by atoms with van der Waals surface area (Å²) in [5.74, 6) is 1.19. The van der Waals surface area contributed by atoms with Crippen molar-refractivity contribution in [3.8, 4) is 5.88 Å². The van der Waals surface area contributed by atoms with Crippen LogP contribution >= 0.6 is 39.6 Å². The van der Waals surface area contributed by atoms with Gasteiger partial charge in [0.15, 0.2) is 0 Å². The van der Waals surface area contributed by atoms with Crippen LogP contribution in [0.5, 0.6) is 5.88 Å². The van der Waals surface area contributed by atoms with Crippen molar-refractivity contribution < 1.29 is 14.3 Å². The summed E-state index contributed by atoms with van der Waals surface area (Å²) in [6.45, 7) is 2.85. The van der Waals surface area contributed by atoms with Crippen LogP contribution in [-0.2, 0) is 16.0 Å². The molecule has 3 heterocycles. The number of nitrogens with one attached hydrogen (secondary N) is 3. The predicted octanol–water partition coefficient (Wildman–Crippen LogP) is 2.67. The Balaban J connectivity index is 1.49. The van der Waals surface area contributed by atoms with Gasteiger partial charge in [0, 0.05) is 0 Å². The van der Waals surface area contributed by atoms with Crippen molar-refractivity contribution in [3.05, 3.63) is 33.7 Å². The minimum atomic E-state index is -1.29. The number of aromatic nitrogens is 3. The standard InChI is InChI=1S/C19H27I2N5O3/c1-3-7-22-18(28)12-20-5-6-21(13-20)15-11-16(26-25-15)24-17(27)9-14-4-8-23-19(10-14)29-2/h4,8,10-11H,3,5-7,9,12-13H2,1-2H3,(H,22,28)(H2,24,25,26,27). The molecule has 0 aromatic carbocycles. The van der Waals surface area contributed by atoms with Gasteiger partial charge in [-0.25, -0.2) is 0 Å². The summed E-state index contributed by atoms with van der Waals surface area (Å²) in [6.07, 6.45) is 2.85. The Bertz CT molecular complexity index is 845. The molecule has 1 aliphatic rings. The summed E-state index contributed by atoms with van der Waals surface area (Å²) in [7, 11) is 1.55. The van der Waals surface area contributed by atoms with E-state index in [1.54, 1.807) is 25.4 Å². The zero-order valence-corrected chi connectivity index (χ0v) is 20.9. The van der Waals surface area contributed by atoms with Gasteiger partial charge in [-0.15, -0.1) is 0 Å². The number of amides is 2. The van der Waals surface area contributed by atoms with E-state index in [1.165, 1.54) is 15.0 Å². The normalized spacial score (nSPS) is 15.9. The van der Waals surface area contributed by atoms with Gasteiger partial charge in [0.1, 0.15) is 0 Å². The number of methoxy groups -OCH3 is 1. The first-order chi connectivity index (χ1) is 14.1. The van der Waals surface area contributed by atoms with E-state index in [0.29, 0.717) is 11.7 Å². The maximum atomic E-state index is 12.3. The maximum absolute atomic E-state index is 12.3. The number of rotatable bonds is 9. The number of halogens is 2. The number of hydrogen-bond donors (Lipinski definition) is 3. The molecule has 0 saturated carbocycles. The fourth-order valence-electron chi connectivity index (χ4n) is 2.75. The van der Waals surface area contributed by atoms with Crippen molar-refractivity contribution in [2.75, 3.05) is 34.7 Å². The molecule has 1 fully saturated rings. The van der Waals surface area contributed by atoms with E-state index in [0.717, 1.165) is 23.0 Å². The van der Waals surface area contributed by atoms with Crippen LogP contribution in [0.1, 0.15) is 18.9 Å². The van der Waals surface area contributed by atoms with Crippen molar-refractivity contribution >= 4 is 57.3 Å². The number of alkyl halides is 5. The van der Waals surface area contributed by atoms with Gasteiger partial charge in [-0.2, -0.15) is 0 Å². The third kappa shape index (κ3) is 6.79. The average Bonchev–Trinajstić information content (AvgIpc) is 3.36. The topological polar surface area (TPSA) is 109 Å². The number of carbonyl (C=O) groups is 2. The molecule has 8 nitrogen and oxygen atoms in total. The molecular formula is C19H27I2N5O3. The molecule has 29 heavy (non-hydrogen) atoms.